The number of allylic oxidation sites excluding steroid dienone is 4. The normalized spacial score (nSPS) is 47.0. The smallest absolute Gasteiger partial charge is 0.0689 e. The molecule has 3 rings (SSSR count). The predicted molar refractivity (Wildman–Crippen MR) is 92.0 cm³/mol. The molecule has 0 aliphatic heterocycles. The minimum absolute atomic E-state index is 0.108. The number of rotatable bonds is 1. The molecule has 1 heteroatoms. The third-order valence-corrected chi connectivity index (χ3v) is 7.05. The largest absolute Gasteiger partial charge is 0.198 e. The van der Waals surface area contributed by atoms with Gasteiger partial charge >= 0.3 is 0 Å². The maximum atomic E-state index is 9.81. The molecule has 0 amide bonds. The van der Waals surface area contributed by atoms with Crippen LogP contribution in [-0.4, -0.2) is 0 Å². The lowest BCUT2D eigenvalue weighted by Crippen LogP contribution is -2.52. The summed E-state index contributed by atoms with van der Waals surface area (Å²) in [5.41, 5.74) is 2.94. The van der Waals surface area contributed by atoms with Gasteiger partial charge in [-0.3, -0.25) is 0 Å². The average Bonchev–Trinajstić information content (AvgIpc) is 2.45. The van der Waals surface area contributed by atoms with Crippen LogP contribution < -0.4 is 0 Å². The third-order valence-electron chi connectivity index (χ3n) is 7.05. The highest BCUT2D eigenvalue weighted by atomic mass is 14.6. The molecular formula is C21H31N. The minimum Gasteiger partial charge on any atom is -0.198 e. The minimum atomic E-state index is -0.108. The summed E-state index contributed by atoms with van der Waals surface area (Å²) in [5, 5.41) is 9.81. The van der Waals surface area contributed by atoms with Crippen LogP contribution in [0.3, 0.4) is 0 Å². The van der Waals surface area contributed by atoms with Crippen molar-refractivity contribution in [3.63, 3.8) is 0 Å². The highest BCUT2D eigenvalue weighted by Gasteiger charge is 2.55. The van der Waals surface area contributed by atoms with Crippen LogP contribution in [0.2, 0.25) is 0 Å². The zero-order valence-electron chi connectivity index (χ0n) is 14.9. The first kappa shape index (κ1) is 15.9. The van der Waals surface area contributed by atoms with Gasteiger partial charge in [0.1, 0.15) is 0 Å². The van der Waals surface area contributed by atoms with Crippen molar-refractivity contribution < 1.29 is 0 Å². The maximum absolute atomic E-state index is 9.81. The average molecular weight is 297 g/mol. The molecule has 2 saturated carbocycles. The highest BCUT2D eigenvalue weighted by Crippen LogP contribution is 2.61. The predicted octanol–water partition coefficient (Wildman–Crippen LogP) is 5.75. The van der Waals surface area contributed by atoms with Gasteiger partial charge < -0.3 is 0 Å². The monoisotopic (exact) mass is 297 g/mol. The van der Waals surface area contributed by atoms with Gasteiger partial charge in [-0.1, -0.05) is 30.2 Å². The Bertz CT molecular complexity index is 545. The summed E-state index contributed by atoms with van der Waals surface area (Å²) in [6.45, 7) is 11.5. The molecule has 7 unspecified atom stereocenters. The van der Waals surface area contributed by atoms with Crippen LogP contribution >= 0.6 is 0 Å². The number of hydrogen-bond donors (Lipinski definition) is 0. The SMILES string of the molecule is CC(C)=CC1CC(C)C2CCC(C)(C#N)C3CC=C(C)C1C23. The van der Waals surface area contributed by atoms with Crippen LogP contribution in [-0.2, 0) is 0 Å². The Kier molecular flexibility index (Phi) is 4.00. The van der Waals surface area contributed by atoms with Crippen molar-refractivity contribution in [3.8, 4) is 6.07 Å². The van der Waals surface area contributed by atoms with Crippen molar-refractivity contribution in [2.75, 3.05) is 0 Å². The Hall–Kier alpha value is -1.03. The molecule has 0 spiro atoms. The zero-order valence-corrected chi connectivity index (χ0v) is 14.9. The summed E-state index contributed by atoms with van der Waals surface area (Å²) < 4.78 is 0. The quantitative estimate of drug-likeness (QED) is 0.565. The Morgan fingerprint density at radius 3 is 2.77 bits per heavy atom. The topological polar surface area (TPSA) is 23.8 Å². The Labute approximate surface area is 136 Å². The summed E-state index contributed by atoms with van der Waals surface area (Å²) in [5.74, 6) is 4.30. The van der Waals surface area contributed by atoms with Gasteiger partial charge in [0.2, 0.25) is 0 Å². The molecule has 0 N–H and O–H groups in total. The molecule has 7 atom stereocenters. The molecule has 0 aromatic heterocycles. The van der Waals surface area contributed by atoms with Crippen LogP contribution in [0.5, 0.6) is 0 Å². The van der Waals surface area contributed by atoms with E-state index in [9.17, 15) is 5.26 Å². The van der Waals surface area contributed by atoms with E-state index in [2.05, 4.69) is 52.8 Å². The lowest BCUT2D eigenvalue weighted by Gasteiger charge is -2.58. The second kappa shape index (κ2) is 5.55. The maximum Gasteiger partial charge on any atom is 0.0689 e. The fourth-order valence-electron chi connectivity index (χ4n) is 6.03. The molecule has 0 radical (unpaired) electrons. The van der Waals surface area contributed by atoms with Crippen LogP contribution in [0.4, 0.5) is 0 Å². The Balaban J connectivity index is 2.05. The van der Waals surface area contributed by atoms with E-state index in [4.69, 9.17) is 0 Å². The fraction of sp³-hybridized carbons (Fsp3) is 0.762. The van der Waals surface area contributed by atoms with Crippen molar-refractivity contribution in [3.05, 3.63) is 23.3 Å². The Morgan fingerprint density at radius 2 is 2.14 bits per heavy atom. The van der Waals surface area contributed by atoms with Crippen LogP contribution in [0.1, 0.15) is 60.3 Å². The van der Waals surface area contributed by atoms with E-state index >= 15 is 0 Å². The van der Waals surface area contributed by atoms with Crippen molar-refractivity contribution in [1.29, 1.82) is 5.26 Å². The number of hydrogen-bond acceptors (Lipinski definition) is 1. The van der Waals surface area contributed by atoms with Gasteiger partial charge in [-0.25, -0.2) is 0 Å². The molecular weight excluding hydrogens is 266 g/mol. The second-order valence-corrected chi connectivity index (χ2v) is 8.75. The van der Waals surface area contributed by atoms with Gasteiger partial charge in [0, 0.05) is 0 Å². The zero-order chi connectivity index (χ0) is 16.1. The summed E-state index contributed by atoms with van der Waals surface area (Å²) in [7, 11) is 0. The van der Waals surface area contributed by atoms with Crippen LogP contribution in [0.25, 0.3) is 0 Å². The van der Waals surface area contributed by atoms with Gasteiger partial charge in [-0.2, -0.15) is 5.26 Å². The van der Waals surface area contributed by atoms with Gasteiger partial charge in [0.15, 0.2) is 0 Å². The van der Waals surface area contributed by atoms with E-state index < -0.39 is 0 Å². The first-order valence-corrected chi connectivity index (χ1v) is 9.10. The molecule has 0 bridgehead atoms. The van der Waals surface area contributed by atoms with E-state index in [1.54, 1.807) is 5.57 Å². The highest BCUT2D eigenvalue weighted by molar-refractivity contribution is 5.23. The van der Waals surface area contributed by atoms with Crippen molar-refractivity contribution >= 4 is 0 Å². The number of nitriles is 1. The number of nitrogens with zero attached hydrogens (tertiary/aromatic N) is 1. The second-order valence-electron chi connectivity index (χ2n) is 8.75. The van der Waals surface area contributed by atoms with Crippen molar-refractivity contribution in [2.45, 2.75) is 60.3 Å². The van der Waals surface area contributed by atoms with Gasteiger partial charge in [-0.15, -0.1) is 0 Å². The fourth-order valence-corrected chi connectivity index (χ4v) is 6.03. The molecule has 0 aromatic carbocycles. The summed E-state index contributed by atoms with van der Waals surface area (Å²) in [6, 6.07) is 2.71. The molecule has 22 heavy (non-hydrogen) atoms. The molecule has 2 fully saturated rings. The molecule has 120 valence electrons. The standard InChI is InChI=1S/C21H31N/c1-13(2)10-16-11-15(4)17-8-9-21(5,12-22)18-7-6-14(3)19(16)20(17)18/h6,10,15-20H,7-9,11H2,1-5H3. The van der Waals surface area contributed by atoms with Gasteiger partial charge in [-0.05, 0) is 88.9 Å². The van der Waals surface area contributed by atoms with Gasteiger partial charge in [0.05, 0.1) is 11.5 Å². The summed E-state index contributed by atoms with van der Waals surface area (Å²) >= 11 is 0. The van der Waals surface area contributed by atoms with Gasteiger partial charge in [0.25, 0.3) is 0 Å². The van der Waals surface area contributed by atoms with E-state index in [1.165, 1.54) is 18.4 Å². The van der Waals surface area contributed by atoms with E-state index in [-0.39, 0.29) is 5.41 Å². The van der Waals surface area contributed by atoms with E-state index in [0.717, 1.165) is 30.6 Å². The molecule has 0 aromatic rings. The molecule has 3 aliphatic carbocycles. The third kappa shape index (κ3) is 2.36. The first-order chi connectivity index (χ1) is 10.4. The lowest BCUT2D eigenvalue weighted by molar-refractivity contribution is -0.0489. The Morgan fingerprint density at radius 1 is 1.41 bits per heavy atom. The molecule has 3 aliphatic rings. The van der Waals surface area contributed by atoms with Crippen molar-refractivity contribution in [1.82, 2.24) is 0 Å². The lowest BCUT2D eigenvalue weighted by atomic mass is 9.46. The van der Waals surface area contributed by atoms with Crippen molar-refractivity contribution in [2.24, 2.45) is 40.9 Å². The summed E-state index contributed by atoms with van der Waals surface area (Å²) in [6.07, 6.45) is 9.81. The van der Waals surface area contributed by atoms with E-state index in [0.29, 0.717) is 17.8 Å². The van der Waals surface area contributed by atoms with E-state index in [1.807, 2.05) is 0 Å². The molecule has 0 heterocycles. The summed E-state index contributed by atoms with van der Waals surface area (Å²) in [4.78, 5) is 0. The molecule has 1 nitrogen and oxygen atoms in total. The van der Waals surface area contributed by atoms with Crippen LogP contribution in [0, 0.1) is 52.3 Å². The van der Waals surface area contributed by atoms with Crippen LogP contribution in [0.15, 0.2) is 23.3 Å². The first-order valence-electron chi connectivity index (χ1n) is 9.10. The molecule has 0 saturated heterocycles.